The Kier molecular flexibility index (Phi) is 6.41. The van der Waals surface area contributed by atoms with Crippen molar-refractivity contribution in [2.75, 3.05) is 41.5 Å². The lowest BCUT2D eigenvalue weighted by Crippen LogP contribution is -2.40. The largest absolute Gasteiger partial charge is 0.496 e. The van der Waals surface area contributed by atoms with Crippen molar-refractivity contribution in [3.05, 3.63) is 53.1 Å². The minimum absolute atomic E-state index is 0.0924. The second kappa shape index (κ2) is 8.97. The summed E-state index contributed by atoms with van der Waals surface area (Å²) in [5, 5.41) is 0. The van der Waals surface area contributed by atoms with Crippen molar-refractivity contribution in [1.82, 2.24) is 9.80 Å². The zero-order valence-electron chi connectivity index (χ0n) is 17.0. The maximum Gasteiger partial charge on any atom is 0.236 e. The Hall–Kier alpha value is -2.73. The molecular formula is C22H28N2O4. The number of ether oxygens (including phenoxy) is 3. The van der Waals surface area contributed by atoms with Crippen LogP contribution in [0.2, 0.25) is 0 Å². The van der Waals surface area contributed by atoms with Crippen molar-refractivity contribution >= 4 is 5.91 Å². The maximum atomic E-state index is 12.7. The van der Waals surface area contributed by atoms with Gasteiger partial charge in [0.25, 0.3) is 0 Å². The molecule has 0 unspecified atom stereocenters. The van der Waals surface area contributed by atoms with E-state index in [-0.39, 0.29) is 5.91 Å². The first-order chi connectivity index (χ1) is 13.5. The summed E-state index contributed by atoms with van der Waals surface area (Å²) in [6, 6.07) is 11.8. The predicted octanol–water partition coefficient (Wildman–Crippen LogP) is 2.73. The van der Waals surface area contributed by atoms with Crippen LogP contribution in [0.3, 0.4) is 0 Å². The molecule has 6 nitrogen and oxygen atoms in total. The molecule has 0 atom stereocenters. The zero-order chi connectivity index (χ0) is 20.1. The highest BCUT2D eigenvalue weighted by molar-refractivity contribution is 5.78. The SMILES string of the molecule is COc1ccccc1CN(C)C(=O)CN1CCc2cc(OC)c(OC)cc2C1. The normalized spacial score (nSPS) is 13.6. The smallest absolute Gasteiger partial charge is 0.236 e. The van der Waals surface area contributed by atoms with Crippen LogP contribution in [0.4, 0.5) is 0 Å². The lowest BCUT2D eigenvalue weighted by Gasteiger charge is -2.30. The van der Waals surface area contributed by atoms with Crippen molar-refractivity contribution in [2.24, 2.45) is 0 Å². The van der Waals surface area contributed by atoms with Gasteiger partial charge in [-0.15, -0.1) is 0 Å². The monoisotopic (exact) mass is 384 g/mol. The van der Waals surface area contributed by atoms with E-state index in [1.54, 1.807) is 26.2 Å². The van der Waals surface area contributed by atoms with Crippen LogP contribution in [0.25, 0.3) is 0 Å². The van der Waals surface area contributed by atoms with Crippen LogP contribution in [-0.2, 0) is 24.3 Å². The number of likely N-dealkylation sites (N-methyl/N-ethyl adjacent to an activating group) is 1. The number of hydrogen-bond acceptors (Lipinski definition) is 5. The average Bonchev–Trinajstić information content (AvgIpc) is 2.72. The first kappa shape index (κ1) is 20.0. The lowest BCUT2D eigenvalue weighted by atomic mass is 9.99. The number of methoxy groups -OCH3 is 3. The standard InChI is InChI=1S/C22H28N2O4/c1-23(13-17-7-5-6-8-19(17)26-2)22(25)15-24-10-9-16-11-20(27-3)21(28-4)12-18(16)14-24/h5-8,11-12H,9-10,13-15H2,1-4H3. The molecule has 0 fully saturated rings. The van der Waals surface area contributed by atoms with Crippen LogP contribution < -0.4 is 14.2 Å². The Morgan fingerprint density at radius 3 is 2.32 bits per heavy atom. The second-order valence-corrected chi connectivity index (χ2v) is 7.00. The second-order valence-electron chi connectivity index (χ2n) is 7.00. The first-order valence-electron chi connectivity index (χ1n) is 9.37. The number of benzene rings is 2. The predicted molar refractivity (Wildman–Crippen MR) is 108 cm³/mol. The van der Waals surface area contributed by atoms with Crippen LogP contribution in [0, 0.1) is 0 Å². The van der Waals surface area contributed by atoms with E-state index < -0.39 is 0 Å². The Morgan fingerprint density at radius 2 is 1.64 bits per heavy atom. The number of nitrogens with zero attached hydrogens (tertiary/aromatic N) is 2. The molecule has 6 heteroatoms. The Morgan fingerprint density at radius 1 is 1.00 bits per heavy atom. The summed E-state index contributed by atoms with van der Waals surface area (Å²) < 4.78 is 16.2. The van der Waals surface area contributed by atoms with Crippen molar-refractivity contribution in [3.8, 4) is 17.2 Å². The third-order valence-corrected chi connectivity index (χ3v) is 5.18. The summed E-state index contributed by atoms with van der Waals surface area (Å²) in [6.45, 7) is 2.48. The quantitative estimate of drug-likeness (QED) is 0.735. The fourth-order valence-corrected chi connectivity index (χ4v) is 3.57. The molecule has 1 aliphatic heterocycles. The van der Waals surface area contributed by atoms with E-state index in [0.717, 1.165) is 42.3 Å². The van der Waals surface area contributed by atoms with Gasteiger partial charge in [0, 0.05) is 32.2 Å². The number of fused-ring (bicyclic) bond motifs is 1. The molecule has 1 heterocycles. The van der Waals surface area contributed by atoms with Crippen molar-refractivity contribution in [2.45, 2.75) is 19.5 Å². The summed E-state index contributed by atoms with van der Waals surface area (Å²) in [7, 11) is 6.77. The summed E-state index contributed by atoms with van der Waals surface area (Å²) in [6.07, 6.45) is 0.888. The van der Waals surface area contributed by atoms with Gasteiger partial charge in [0.15, 0.2) is 11.5 Å². The topological polar surface area (TPSA) is 51.2 Å². The molecule has 0 aliphatic carbocycles. The van der Waals surface area contributed by atoms with Crippen LogP contribution >= 0.6 is 0 Å². The van der Waals surface area contributed by atoms with Crippen LogP contribution in [0.15, 0.2) is 36.4 Å². The molecule has 0 saturated heterocycles. The van der Waals surface area contributed by atoms with E-state index >= 15 is 0 Å². The van der Waals surface area contributed by atoms with Gasteiger partial charge in [0.05, 0.1) is 27.9 Å². The summed E-state index contributed by atoms with van der Waals surface area (Å²) in [4.78, 5) is 16.7. The first-order valence-corrected chi connectivity index (χ1v) is 9.37. The number of hydrogen-bond donors (Lipinski definition) is 0. The van der Waals surface area contributed by atoms with Gasteiger partial charge in [0.1, 0.15) is 5.75 Å². The molecule has 0 spiro atoms. The van der Waals surface area contributed by atoms with E-state index in [9.17, 15) is 4.79 Å². The third-order valence-electron chi connectivity index (χ3n) is 5.18. The van der Waals surface area contributed by atoms with Gasteiger partial charge in [-0.1, -0.05) is 18.2 Å². The number of amides is 1. The van der Waals surface area contributed by atoms with Gasteiger partial charge in [-0.2, -0.15) is 0 Å². The molecule has 0 aromatic heterocycles. The molecule has 1 amide bonds. The van der Waals surface area contributed by atoms with E-state index in [0.29, 0.717) is 13.1 Å². The van der Waals surface area contributed by atoms with Gasteiger partial charge in [0.2, 0.25) is 5.91 Å². The van der Waals surface area contributed by atoms with Crippen LogP contribution in [0.5, 0.6) is 17.2 Å². The van der Waals surface area contributed by atoms with Crippen molar-refractivity contribution < 1.29 is 19.0 Å². The highest BCUT2D eigenvalue weighted by Gasteiger charge is 2.22. The molecule has 0 radical (unpaired) electrons. The van der Waals surface area contributed by atoms with Gasteiger partial charge in [-0.3, -0.25) is 9.69 Å². The molecule has 3 rings (SSSR count). The average molecular weight is 384 g/mol. The lowest BCUT2D eigenvalue weighted by molar-refractivity contribution is -0.131. The number of carbonyl (C=O) groups excluding carboxylic acids is 1. The molecule has 0 N–H and O–H groups in total. The zero-order valence-corrected chi connectivity index (χ0v) is 17.0. The Balaban J connectivity index is 1.64. The molecule has 2 aromatic rings. The fraction of sp³-hybridized carbons (Fsp3) is 0.409. The van der Waals surface area contributed by atoms with Crippen molar-refractivity contribution in [1.29, 1.82) is 0 Å². The van der Waals surface area contributed by atoms with Crippen molar-refractivity contribution in [3.63, 3.8) is 0 Å². The van der Waals surface area contributed by atoms with E-state index in [1.807, 2.05) is 43.4 Å². The molecule has 28 heavy (non-hydrogen) atoms. The number of para-hydroxylation sites is 1. The fourth-order valence-electron chi connectivity index (χ4n) is 3.57. The molecule has 2 aromatic carbocycles. The van der Waals surface area contributed by atoms with Gasteiger partial charge >= 0.3 is 0 Å². The van der Waals surface area contributed by atoms with Gasteiger partial charge in [-0.25, -0.2) is 0 Å². The summed E-state index contributed by atoms with van der Waals surface area (Å²) >= 11 is 0. The molecule has 1 aliphatic rings. The molecule has 0 bridgehead atoms. The molecular weight excluding hydrogens is 356 g/mol. The minimum Gasteiger partial charge on any atom is -0.496 e. The van der Waals surface area contributed by atoms with Crippen LogP contribution in [-0.4, -0.2) is 57.2 Å². The summed E-state index contributed by atoms with van der Waals surface area (Å²) in [5.74, 6) is 2.37. The van der Waals surface area contributed by atoms with Crippen LogP contribution in [0.1, 0.15) is 16.7 Å². The minimum atomic E-state index is 0.0924. The van der Waals surface area contributed by atoms with Gasteiger partial charge in [-0.05, 0) is 35.7 Å². The highest BCUT2D eigenvalue weighted by atomic mass is 16.5. The van der Waals surface area contributed by atoms with E-state index in [1.165, 1.54) is 11.1 Å². The van der Waals surface area contributed by atoms with E-state index in [2.05, 4.69) is 4.90 Å². The molecule has 0 saturated carbocycles. The maximum absolute atomic E-state index is 12.7. The number of carbonyl (C=O) groups is 1. The highest BCUT2D eigenvalue weighted by Crippen LogP contribution is 2.33. The Bertz CT molecular complexity index is 837. The van der Waals surface area contributed by atoms with Gasteiger partial charge < -0.3 is 19.1 Å². The third kappa shape index (κ3) is 4.39. The summed E-state index contributed by atoms with van der Waals surface area (Å²) in [5.41, 5.74) is 3.44. The number of rotatable bonds is 7. The van der Waals surface area contributed by atoms with E-state index in [4.69, 9.17) is 14.2 Å². The Labute approximate surface area is 166 Å². The molecule has 150 valence electrons.